The predicted molar refractivity (Wildman–Crippen MR) is 66.3 cm³/mol. The zero-order chi connectivity index (χ0) is 13.5. The number of aliphatic carboxylic acids is 1. The summed E-state index contributed by atoms with van der Waals surface area (Å²) >= 11 is 0. The maximum Gasteiger partial charge on any atom is 0.315 e. The number of hydrogen-bond donors (Lipinski definition) is 3. The van der Waals surface area contributed by atoms with Gasteiger partial charge in [-0.25, -0.2) is 4.79 Å². The van der Waals surface area contributed by atoms with Crippen molar-refractivity contribution in [3.8, 4) is 0 Å². The van der Waals surface area contributed by atoms with E-state index in [-0.39, 0.29) is 19.2 Å². The molecule has 104 valence electrons. The van der Waals surface area contributed by atoms with Crippen LogP contribution in [0.1, 0.15) is 26.7 Å². The Morgan fingerprint density at radius 1 is 1.39 bits per heavy atom. The predicted octanol–water partition coefficient (Wildman–Crippen LogP) is 0.821. The van der Waals surface area contributed by atoms with Gasteiger partial charge in [-0.1, -0.05) is 13.8 Å². The second-order valence-electron chi connectivity index (χ2n) is 5.02. The van der Waals surface area contributed by atoms with Gasteiger partial charge in [0.05, 0.1) is 19.3 Å². The molecule has 0 aromatic rings. The third kappa shape index (κ3) is 4.91. The molecule has 1 aliphatic heterocycles. The first kappa shape index (κ1) is 14.8. The van der Waals surface area contributed by atoms with E-state index < -0.39 is 17.9 Å². The molecule has 1 saturated heterocycles. The molecule has 2 unspecified atom stereocenters. The minimum absolute atomic E-state index is 0.160. The highest BCUT2D eigenvalue weighted by molar-refractivity contribution is 5.77. The number of carbonyl (C=O) groups is 2. The molecular weight excluding hydrogens is 236 g/mol. The molecule has 1 heterocycles. The van der Waals surface area contributed by atoms with E-state index in [1.165, 1.54) is 0 Å². The lowest BCUT2D eigenvalue weighted by Gasteiger charge is -2.16. The van der Waals surface area contributed by atoms with Crippen molar-refractivity contribution in [1.29, 1.82) is 0 Å². The van der Waals surface area contributed by atoms with Crippen molar-refractivity contribution < 1.29 is 19.4 Å². The molecule has 0 saturated carbocycles. The average molecular weight is 258 g/mol. The van der Waals surface area contributed by atoms with Crippen LogP contribution >= 0.6 is 0 Å². The van der Waals surface area contributed by atoms with Gasteiger partial charge in [-0.3, -0.25) is 4.79 Å². The number of hydrogen-bond acceptors (Lipinski definition) is 3. The van der Waals surface area contributed by atoms with Crippen LogP contribution in [0, 0.1) is 11.8 Å². The number of carbonyl (C=O) groups excluding carboxylic acids is 1. The highest BCUT2D eigenvalue weighted by Crippen LogP contribution is 2.13. The van der Waals surface area contributed by atoms with Crippen LogP contribution in [0.15, 0.2) is 0 Å². The van der Waals surface area contributed by atoms with Gasteiger partial charge in [0.1, 0.15) is 5.92 Å². The van der Waals surface area contributed by atoms with Crippen LogP contribution in [0.3, 0.4) is 0 Å². The number of carboxylic acids is 1. The SMILES string of the molecule is CC(C)CCCNC(=O)NC1COCC1C(=O)O. The second kappa shape index (κ2) is 7.20. The summed E-state index contributed by atoms with van der Waals surface area (Å²) in [5.74, 6) is -0.960. The lowest BCUT2D eigenvalue weighted by Crippen LogP contribution is -2.47. The second-order valence-corrected chi connectivity index (χ2v) is 5.02. The van der Waals surface area contributed by atoms with Gasteiger partial charge >= 0.3 is 12.0 Å². The summed E-state index contributed by atoms with van der Waals surface area (Å²) in [6.07, 6.45) is 1.99. The van der Waals surface area contributed by atoms with E-state index in [2.05, 4.69) is 24.5 Å². The molecular formula is C12H22N2O4. The molecule has 1 fully saturated rings. The van der Waals surface area contributed by atoms with Crippen molar-refractivity contribution in [2.75, 3.05) is 19.8 Å². The Balaban J connectivity index is 2.21. The molecule has 0 aromatic carbocycles. The zero-order valence-corrected chi connectivity index (χ0v) is 10.9. The third-order valence-electron chi connectivity index (χ3n) is 2.96. The van der Waals surface area contributed by atoms with Gasteiger partial charge in [0.25, 0.3) is 0 Å². The van der Waals surface area contributed by atoms with Crippen LogP contribution in [0.5, 0.6) is 0 Å². The Kier molecular flexibility index (Phi) is 5.91. The number of urea groups is 1. The molecule has 0 radical (unpaired) electrons. The summed E-state index contributed by atoms with van der Waals surface area (Å²) in [6.45, 7) is 5.29. The molecule has 3 N–H and O–H groups in total. The van der Waals surface area contributed by atoms with Crippen LogP contribution in [0.2, 0.25) is 0 Å². The van der Waals surface area contributed by atoms with Crippen LogP contribution in [0.25, 0.3) is 0 Å². The summed E-state index contributed by atoms with van der Waals surface area (Å²) < 4.78 is 5.07. The van der Waals surface area contributed by atoms with Gasteiger partial charge < -0.3 is 20.5 Å². The van der Waals surface area contributed by atoms with Crippen LogP contribution in [0.4, 0.5) is 4.79 Å². The van der Waals surface area contributed by atoms with E-state index in [9.17, 15) is 9.59 Å². The van der Waals surface area contributed by atoms with Crippen LogP contribution in [-0.2, 0) is 9.53 Å². The standard InChI is InChI=1S/C12H22N2O4/c1-8(2)4-3-5-13-12(17)14-10-7-18-6-9(10)11(15)16/h8-10H,3-7H2,1-2H3,(H,15,16)(H2,13,14,17). The topological polar surface area (TPSA) is 87.7 Å². The molecule has 2 atom stereocenters. The van der Waals surface area contributed by atoms with Gasteiger partial charge in [0.15, 0.2) is 0 Å². The fraction of sp³-hybridized carbons (Fsp3) is 0.833. The van der Waals surface area contributed by atoms with Crippen molar-refractivity contribution >= 4 is 12.0 Å². The highest BCUT2D eigenvalue weighted by Gasteiger charge is 2.34. The van der Waals surface area contributed by atoms with Gasteiger partial charge in [0.2, 0.25) is 0 Å². The molecule has 6 heteroatoms. The number of carboxylic acid groups (broad SMARTS) is 1. The Morgan fingerprint density at radius 3 is 2.72 bits per heavy atom. The first-order chi connectivity index (χ1) is 8.50. The Hall–Kier alpha value is -1.30. The maximum absolute atomic E-state index is 11.5. The quantitative estimate of drug-likeness (QED) is 0.615. The smallest absolute Gasteiger partial charge is 0.315 e. The number of amides is 2. The van der Waals surface area contributed by atoms with Crippen LogP contribution < -0.4 is 10.6 Å². The highest BCUT2D eigenvalue weighted by atomic mass is 16.5. The molecule has 0 aromatic heterocycles. The molecule has 18 heavy (non-hydrogen) atoms. The average Bonchev–Trinajstić information content (AvgIpc) is 2.72. The van der Waals surface area contributed by atoms with E-state index in [4.69, 9.17) is 9.84 Å². The van der Waals surface area contributed by atoms with Crippen molar-refractivity contribution in [3.63, 3.8) is 0 Å². The maximum atomic E-state index is 11.5. The van der Waals surface area contributed by atoms with Crippen molar-refractivity contribution in [2.45, 2.75) is 32.7 Å². The monoisotopic (exact) mass is 258 g/mol. The molecule has 0 aliphatic carbocycles. The van der Waals surface area contributed by atoms with E-state index in [0.717, 1.165) is 12.8 Å². The minimum Gasteiger partial charge on any atom is -0.481 e. The van der Waals surface area contributed by atoms with E-state index >= 15 is 0 Å². The number of nitrogens with one attached hydrogen (secondary N) is 2. The Labute approximate surface area is 107 Å². The van der Waals surface area contributed by atoms with Crippen molar-refractivity contribution in [3.05, 3.63) is 0 Å². The number of ether oxygens (including phenoxy) is 1. The molecule has 6 nitrogen and oxygen atoms in total. The summed E-state index contributed by atoms with van der Waals surface area (Å²) in [6, 6.07) is -0.756. The molecule has 1 rings (SSSR count). The summed E-state index contributed by atoms with van der Waals surface area (Å²) in [5, 5.41) is 14.3. The lowest BCUT2D eigenvalue weighted by molar-refractivity contribution is -0.142. The third-order valence-corrected chi connectivity index (χ3v) is 2.96. The van der Waals surface area contributed by atoms with Crippen molar-refractivity contribution in [2.24, 2.45) is 11.8 Å². The van der Waals surface area contributed by atoms with Crippen LogP contribution in [-0.4, -0.2) is 42.9 Å². The first-order valence-electron chi connectivity index (χ1n) is 6.35. The van der Waals surface area contributed by atoms with E-state index in [1.807, 2.05) is 0 Å². The van der Waals surface area contributed by atoms with E-state index in [0.29, 0.717) is 12.5 Å². The molecule has 2 amide bonds. The molecule has 0 spiro atoms. The van der Waals surface area contributed by atoms with Gasteiger partial charge in [0, 0.05) is 6.54 Å². The summed E-state index contributed by atoms with van der Waals surface area (Å²) in [4.78, 5) is 22.4. The van der Waals surface area contributed by atoms with Gasteiger partial charge in [-0.15, -0.1) is 0 Å². The lowest BCUT2D eigenvalue weighted by atomic mass is 10.0. The van der Waals surface area contributed by atoms with Crippen molar-refractivity contribution in [1.82, 2.24) is 10.6 Å². The Bertz CT molecular complexity index is 294. The number of rotatable bonds is 6. The summed E-state index contributed by atoms with van der Waals surface area (Å²) in [7, 11) is 0. The molecule has 1 aliphatic rings. The molecule has 0 bridgehead atoms. The fourth-order valence-corrected chi connectivity index (χ4v) is 1.87. The normalized spacial score (nSPS) is 23.1. The minimum atomic E-state index is -0.933. The first-order valence-corrected chi connectivity index (χ1v) is 6.35. The Morgan fingerprint density at radius 2 is 2.11 bits per heavy atom. The largest absolute Gasteiger partial charge is 0.481 e. The van der Waals surface area contributed by atoms with E-state index in [1.54, 1.807) is 0 Å². The van der Waals surface area contributed by atoms with Gasteiger partial charge in [-0.05, 0) is 18.8 Å². The van der Waals surface area contributed by atoms with Gasteiger partial charge in [-0.2, -0.15) is 0 Å². The fourth-order valence-electron chi connectivity index (χ4n) is 1.87. The zero-order valence-electron chi connectivity index (χ0n) is 10.9. The summed E-state index contributed by atoms with van der Waals surface area (Å²) in [5.41, 5.74) is 0.